The molecule has 0 unspecified atom stereocenters. The number of hydrogen-bond donors (Lipinski definition) is 0. The lowest BCUT2D eigenvalue weighted by atomic mass is 10.1. The van der Waals surface area contributed by atoms with Crippen LogP contribution in [0.1, 0.15) is 25.5 Å². The number of aromatic nitrogens is 4. The van der Waals surface area contributed by atoms with Gasteiger partial charge in [-0.05, 0) is 31.5 Å². The first kappa shape index (κ1) is 14.8. The first-order valence-electron chi connectivity index (χ1n) is 8.45. The first-order chi connectivity index (χ1) is 11.8. The molecule has 0 saturated carbocycles. The van der Waals surface area contributed by atoms with Gasteiger partial charge in [-0.1, -0.05) is 31.5 Å². The molecule has 0 aliphatic carbocycles. The maximum absolute atomic E-state index is 4.91. The van der Waals surface area contributed by atoms with Crippen molar-refractivity contribution in [3.8, 4) is 11.4 Å². The molecule has 1 aromatic carbocycles. The third-order valence-corrected chi connectivity index (χ3v) is 4.45. The minimum atomic E-state index is 0.744. The number of para-hydroxylation sites is 1. The number of pyridine rings is 1. The summed E-state index contributed by atoms with van der Waals surface area (Å²) in [5.74, 6) is 0.744. The Balaban J connectivity index is 2.04. The molecule has 4 rings (SSSR count). The van der Waals surface area contributed by atoms with Crippen molar-refractivity contribution in [3.05, 3.63) is 54.5 Å². The highest BCUT2D eigenvalue weighted by molar-refractivity contribution is 6.08. The van der Waals surface area contributed by atoms with Crippen molar-refractivity contribution in [2.24, 2.45) is 0 Å². The smallest absolute Gasteiger partial charge is 0.163 e. The predicted molar refractivity (Wildman–Crippen MR) is 97.9 cm³/mol. The molecule has 0 amide bonds. The van der Waals surface area contributed by atoms with E-state index < -0.39 is 0 Å². The van der Waals surface area contributed by atoms with E-state index in [1.165, 1.54) is 10.9 Å². The van der Waals surface area contributed by atoms with E-state index in [-0.39, 0.29) is 0 Å². The van der Waals surface area contributed by atoms with Crippen molar-refractivity contribution < 1.29 is 0 Å². The summed E-state index contributed by atoms with van der Waals surface area (Å²) in [6.07, 6.45) is 5.89. The van der Waals surface area contributed by atoms with Crippen LogP contribution in [0, 0.1) is 6.92 Å². The van der Waals surface area contributed by atoms with Crippen LogP contribution >= 0.6 is 0 Å². The van der Waals surface area contributed by atoms with Crippen molar-refractivity contribution in [2.75, 3.05) is 0 Å². The SMILES string of the molecule is CCCCn1c2ccccc2c2c(C)nc(-c3cccnc3)nc21. The molecule has 0 aliphatic heterocycles. The van der Waals surface area contributed by atoms with Crippen molar-refractivity contribution in [1.29, 1.82) is 0 Å². The fraction of sp³-hybridized carbons (Fsp3) is 0.250. The van der Waals surface area contributed by atoms with Gasteiger partial charge in [0, 0.05) is 35.3 Å². The maximum Gasteiger partial charge on any atom is 0.163 e. The van der Waals surface area contributed by atoms with Crippen LogP contribution in [-0.4, -0.2) is 19.5 Å². The van der Waals surface area contributed by atoms with Crippen molar-refractivity contribution in [1.82, 2.24) is 19.5 Å². The van der Waals surface area contributed by atoms with Gasteiger partial charge in [0.25, 0.3) is 0 Å². The topological polar surface area (TPSA) is 43.6 Å². The summed E-state index contributed by atoms with van der Waals surface area (Å²) in [4.78, 5) is 13.9. The van der Waals surface area contributed by atoms with Gasteiger partial charge in [0.15, 0.2) is 5.82 Å². The molecule has 0 atom stereocenters. The van der Waals surface area contributed by atoms with Gasteiger partial charge in [-0.15, -0.1) is 0 Å². The third kappa shape index (κ3) is 2.35. The zero-order valence-corrected chi connectivity index (χ0v) is 14.0. The molecule has 4 nitrogen and oxygen atoms in total. The molecule has 0 bridgehead atoms. The highest BCUT2D eigenvalue weighted by atomic mass is 15.1. The number of unbranched alkanes of at least 4 members (excludes halogenated alkanes) is 1. The Morgan fingerprint density at radius 3 is 2.71 bits per heavy atom. The van der Waals surface area contributed by atoms with Gasteiger partial charge in [0.2, 0.25) is 0 Å². The highest BCUT2D eigenvalue weighted by Crippen LogP contribution is 2.31. The number of aryl methyl sites for hydroxylation is 2. The normalized spacial score (nSPS) is 11.4. The van der Waals surface area contributed by atoms with Crippen molar-refractivity contribution in [2.45, 2.75) is 33.2 Å². The molecule has 120 valence electrons. The van der Waals surface area contributed by atoms with E-state index in [0.29, 0.717) is 0 Å². The third-order valence-electron chi connectivity index (χ3n) is 4.45. The molecule has 4 heteroatoms. The van der Waals surface area contributed by atoms with Crippen LogP contribution in [0.4, 0.5) is 0 Å². The van der Waals surface area contributed by atoms with E-state index >= 15 is 0 Å². The van der Waals surface area contributed by atoms with Gasteiger partial charge < -0.3 is 4.57 Å². The van der Waals surface area contributed by atoms with E-state index in [9.17, 15) is 0 Å². The van der Waals surface area contributed by atoms with Crippen LogP contribution in [0.5, 0.6) is 0 Å². The molecule has 0 N–H and O–H groups in total. The van der Waals surface area contributed by atoms with Gasteiger partial charge in [-0.3, -0.25) is 4.98 Å². The number of nitrogens with zero attached hydrogens (tertiary/aromatic N) is 4. The average Bonchev–Trinajstić information content (AvgIpc) is 2.95. The van der Waals surface area contributed by atoms with Crippen LogP contribution in [-0.2, 0) is 6.54 Å². The van der Waals surface area contributed by atoms with Crippen LogP contribution < -0.4 is 0 Å². The second-order valence-electron chi connectivity index (χ2n) is 6.10. The first-order valence-corrected chi connectivity index (χ1v) is 8.45. The molecular weight excluding hydrogens is 296 g/mol. The summed E-state index contributed by atoms with van der Waals surface area (Å²) in [6.45, 7) is 5.26. The van der Waals surface area contributed by atoms with E-state index in [4.69, 9.17) is 9.97 Å². The second-order valence-corrected chi connectivity index (χ2v) is 6.10. The molecule has 0 aliphatic rings. The number of benzene rings is 1. The Labute approximate surface area is 141 Å². The highest BCUT2D eigenvalue weighted by Gasteiger charge is 2.16. The molecule has 4 aromatic rings. The molecule has 0 radical (unpaired) electrons. The molecule has 3 heterocycles. The lowest BCUT2D eigenvalue weighted by Gasteiger charge is -2.07. The molecule has 3 aromatic heterocycles. The fourth-order valence-corrected chi connectivity index (χ4v) is 3.27. The summed E-state index contributed by atoms with van der Waals surface area (Å²) >= 11 is 0. The molecule has 0 fully saturated rings. The second kappa shape index (κ2) is 6.04. The molecule has 0 saturated heterocycles. The Hall–Kier alpha value is -2.75. The zero-order chi connectivity index (χ0) is 16.5. The van der Waals surface area contributed by atoms with Crippen molar-refractivity contribution in [3.63, 3.8) is 0 Å². The Morgan fingerprint density at radius 1 is 1.04 bits per heavy atom. The van der Waals surface area contributed by atoms with Crippen LogP contribution in [0.3, 0.4) is 0 Å². The van der Waals surface area contributed by atoms with E-state index in [2.05, 4.69) is 47.7 Å². The quantitative estimate of drug-likeness (QED) is 0.545. The van der Waals surface area contributed by atoms with Gasteiger partial charge >= 0.3 is 0 Å². The summed E-state index contributed by atoms with van der Waals surface area (Å²) in [6, 6.07) is 12.4. The standard InChI is InChI=1S/C20H20N4/c1-3-4-12-24-17-10-6-5-9-16(17)18-14(2)22-19(23-20(18)24)15-8-7-11-21-13-15/h5-11,13H,3-4,12H2,1-2H3. The lowest BCUT2D eigenvalue weighted by molar-refractivity contribution is 0.660. The molecule has 24 heavy (non-hydrogen) atoms. The summed E-state index contributed by atoms with van der Waals surface area (Å²) in [5, 5.41) is 2.40. The zero-order valence-electron chi connectivity index (χ0n) is 14.0. The van der Waals surface area contributed by atoms with E-state index in [1.807, 2.05) is 18.3 Å². The largest absolute Gasteiger partial charge is 0.325 e. The summed E-state index contributed by atoms with van der Waals surface area (Å²) in [5.41, 5.74) is 4.23. The predicted octanol–water partition coefficient (Wildman–Crippen LogP) is 4.76. The summed E-state index contributed by atoms with van der Waals surface area (Å²) in [7, 11) is 0. The molecule has 0 spiro atoms. The van der Waals surface area contributed by atoms with Gasteiger partial charge in [0.1, 0.15) is 5.65 Å². The summed E-state index contributed by atoms with van der Waals surface area (Å²) < 4.78 is 2.34. The average molecular weight is 316 g/mol. The van der Waals surface area contributed by atoms with Crippen LogP contribution in [0.25, 0.3) is 33.3 Å². The molecular formula is C20H20N4. The van der Waals surface area contributed by atoms with Crippen molar-refractivity contribution >= 4 is 21.9 Å². The number of hydrogen-bond acceptors (Lipinski definition) is 3. The Kier molecular flexibility index (Phi) is 3.73. The Bertz CT molecular complexity index is 1000. The lowest BCUT2D eigenvalue weighted by Crippen LogP contribution is -2.01. The van der Waals surface area contributed by atoms with E-state index in [0.717, 1.165) is 47.5 Å². The van der Waals surface area contributed by atoms with Crippen LogP contribution in [0.2, 0.25) is 0 Å². The van der Waals surface area contributed by atoms with E-state index in [1.54, 1.807) is 6.20 Å². The fourth-order valence-electron chi connectivity index (χ4n) is 3.27. The number of fused-ring (bicyclic) bond motifs is 3. The van der Waals surface area contributed by atoms with Crippen LogP contribution in [0.15, 0.2) is 48.8 Å². The minimum Gasteiger partial charge on any atom is -0.325 e. The number of rotatable bonds is 4. The minimum absolute atomic E-state index is 0.744. The monoisotopic (exact) mass is 316 g/mol. The Morgan fingerprint density at radius 2 is 1.92 bits per heavy atom. The van der Waals surface area contributed by atoms with Gasteiger partial charge in [0.05, 0.1) is 11.2 Å². The maximum atomic E-state index is 4.91. The van der Waals surface area contributed by atoms with Gasteiger partial charge in [-0.2, -0.15) is 0 Å². The van der Waals surface area contributed by atoms with Gasteiger partial charge in [-0.25, -0.2) is 9.97 Å².